The van der Waals surface area contributed by atoms with E-state index in [4.69, 9.17) is 0 Å². The first kappa shape index (κ1) is 20.8. The zero-order valence-corrected chi connectivity index (χ0v) is 17.5. The zero-order chi connectivity index (χ0) is 21.3. The first-order chi connectivity index (χ1) is 14.3. The molecule has 2 N–H and O–H groups in total. The SMILES string of the molecule is O=C1NC(=O)[C@@H](CCC(=O)N2CCN(S(=O)(=O)c3ccc4c(c3)CCCC4)CC2)N1. The van der Waals surface area contributed by atoms with Crippen molar-refractivity contribution in [2.75, 3.05) is 26.2 Å². The highest BCUT2D eigenvalue weighted by molar-refractivity contribution is 7.89. The number of imide groups is 1. The highest BCUT2D eigenvalue weighted by atomic mass is 32.2. The van der Waals surface area contributed by atoms with Crippen LogP contribution in [-0.2, 0) is 32.5 Å². The molecule has 30 heavy (non-hydrogen) atoms. The minimum absolute atomic E-state index is 0.121. The van der Waals surface area contributed by atoms with Gasteiger partial charge in [0.25, 0.3) is 5.91 Å². The molecule has 1 aliphatic carbocycles. The van der Waals surface area contributed by atoms with Crippen molar-refractivity contribution >= 4 is 27.9 Å². The lowest BCUT2D eigenvalue weighted by Crippen LogP contribution is -2.50. The van der Waals surface area contributed by atoms with Crippen LogP contribution < -0.4 is 10.6 Å². The van der Waals surface area contributed by atoms with Gasteiger partial charge in [-0.15, -0.1) is 0 Å². The number of nitrogens with zero attached hydrogens (tertiary/aromatic N) is 2. The maximum Gasteiger partial charge on any atom is 0.322 e. The van der Waals surface area contributed by atoms with Gasteiger partial charge in [-0.1, -0.05) is 6.07 Å². The summed E-state index contributed by atoms with van der Waals surface area (Å²) in [6.07, 6.45) is 4.50. The van der Waals surface area contributed by atoms with E-state index in [-0.39, 0.29) is 31.8 Å². The van der Waals surface area contributed by atoms with E-state index >= 15 is 0 Å². The fourth-order valence-corrected chi connectivity index (χ4v) is 5.76. The summed E-state index contributed by atoms with van der Waals surface area (Å²) in [5, 5.41) is 4.61. The largest absolute Gasteiger partial charge is 0.340 e. The summed E-state index contributed by atoms with van der Waals surface area (Å²) in [5.41, 5.74) is 2.36. The molecule has 9 nitrogen and oxygen atoms in total. The molecule has 4 amide bonds. The number of fused-ring (bicyclic) bond motifs is 1. The van der Waals surface area contributed by atoms with Crippen LogP contribution in [0.5, 0.6) is 0 Å². The van der Waals surface area contributed by atoms with Crippen LogP contribution in [0, 0.1) is 0 Å². The molecule has 4 rings (SSSR count). The van der Waals surface area contributed by atoms with Gasteiger partial charge in [-0.2, -0.15) is 4.31 Å². The smallest absolute Gasteiger partial charge is 0.322 e. The Hall–Kier alpha value is -2.46. The van der Waals surface area contributed by atoms with Gasteiger partial charge in [-0.05, 0) is 55.4 Å². The van der Waals surface area contributed by atoms with Crippen molar-refractivity contribution in [1.82, 2.24) is 19.8 Å². The number of nitrogens with one attached hydrogen (secondary N) is 2. The molecule has 2 fully saturated rings. The van der Waals surface area contributed by atoms with Crippen LogP contribution in [0.1, 0.15) is 36.8 Å². The average Bonchev–Trinajstić information content (AvgIpc) is 3.08. The Kier molecular flexibility index (Phi) is 5.79. The van der Waals surface area contributed by atoms with Crippen LogP contribution in [0.3, 0.4) is 0 Å². The monoisotopic (exact) mass is 434 g/mol. The topological polar surface area (TPSA) is 116 Å². The predicted octanol–water partition coefficient (Wildman–Crippen LogP) is 0.387. The molecule has 10 heteroatoms. The number of sulfonamides is 1. The van der Waals surface area contributed by atoms with E-state index in [0.29, 0.717) is 18.0 Å². The maximum atomic E-state index is 13.1. The molecule has 1 atom stereocenters. The number of rotatable bonds is 5. The number of carbonyl (C=O) groups excluding carboxylic acids is 3. The second kappa shape index (κ2) is 8.35. The molecule has 162 valence electrons. The van der Waals surface area contributed by atoms with Crippen molar-refractivity contribution in [2.45, 2.75) is 49.5 Å². The van der Waals surface area contributed by atoms with E-state index in [2.05, 4.69) is 10.6 Å². The van der Waals surface area contributed by atoms with Crippen molar-refractivity contribution in [2.24, 2.45) is 0 Å². The highest BCUT2D eigenvalue weighted by Gasteiger charge is 2.33. The van der Waals surface area contributed by atoms with Crippen molar-refractivity contribution in [3.05, 3.63) is 29.3 Å². The molecule has 0 bridgehead atoms. The third-order valence-electron chi connectivity index (χ3n) is 6.05. The molecule has 0 aromatic heterocycles. The van der Waals surface area contributed by atoms with Gasteiger partial charge in [-0.25, -0.2) is 13.2 Å². The Morgan fingerprint density at radius 1 is 1.03 bits per heavy atom. The first-order valence-corrected chi connectivity index (χ1v) is 11.8. The average molecular weight is 435 g/mol. The third kappa shape index (κ3) is 4.20. The summed E-state index contributed by atoms with van der Waals surface area (Å²) in [7, 11) is -3.59. The molecular weight excluding hydrogens is 408 g/mol. The Morgan fingerprint density at radius 2 is 1.73 bits per heavy atom. The zero-order valence-electron chi connectivity index (χ0n) is 16.7. The predicted molar refractivity (Wildman–Crippen MR) is 108 cm³/mol. The van der Waals surface area contributed by atoms with Gasteiger partial charge in [0.05, 0.1) is 4.90 Å². The quantitative estimate of drug-likeness (QED) is 0.651. The van der Waals surface area contributed by atoms with Crippen LogP contribution in [0.2, 0.25) is 0 Å². The van der Waals surface area contributed by atoms with E-state index < -0.39 is 28.0 Å². The number of aryl methyl sites for hydroxylation is 2. The summed E-state index contributed by atoms with van der Waals surface area (Å²) in [6, 6.07) is 4.20. The normalized spacial score (nSPS) is 22.4. The van der Waals surface area contributed by atoms with E-state index in [1.807, 2.05) is 12.1 Å². The molecule has 0 unspecified atom stereocenters. The molecular formula is C20H26N4O5S. The van der Waals surface area contributed by atoms with Gasteiger partial charge in [0.2, 0.25) is 15.9 Å². The minimum Gasteiger partial charge on any atom is -0.340 e. The van der Waals surface area contributed by atoms with E-state index in [9.17, 15) is 22.8 Å². The molecule has 0 saturated carbocycles. The molecule has 0 spiro atoms. The number of hydrogen-bond donors (Lipinski definition) is 2. The van der Waals surface area contributed by atoms with Crippen LogP contribution >= 0.6 is 0 Å². The Bertz CT molecular complexity index is 969. The summed E-state index contributed by atoms with van der Waals surface area (Å²) >= 11 is 0. The molecule has 2 saturated heterocycles. The number of piperazine rings is 1. The third-order valence-corrected chi connectivity index (χ3v) is 7.95. The molecule has 1 aromatic rings. The molecule has 0 radical (unpaired) electrons. The van der Waals surface area contributed by atoms with Gasteiger partial charge in [0.15, 0.2) is 0 Å². The van der Waals surface area contributed by atoms with Gasteiger partial charge in [-0.3, -0.25) is 14.9 Å². The second-order valence-corrected chi connectivity index (χ2v) is 9.91. The molecule has 1 aromatic carbocycles. The lowest BCUT2D eigenvalue weighted by molar-refractivity contribution is -0.132. The molecule has 2 heterocycles. The standard InChI is InChI=1S/C20H26N4O5S/c25-18(8-7-17-19(26)22-20(27)21-17)23-9-11-24(12-10-23)30(28,29)16-6-5-14-3-1-2-4-15(14)13-16/h5-6,13,17H,1-4,7-12H2,(H2,21,22,26,27)/t17-/m1/s1. The summed E-state index contributed by atoms with van der Waals surface area (Å²) in [6.45, 7) is 1.11. The van der Waals surface area contributed by atoms with E-state index in [1.165, 1.54) is 9.87 Å². The molecule has 3 aliphatic rings. The Morgan fingerprint density at radius 3 is 2.40 bits per heavy atom. The summed E-state index contributed by atoms with van der Waals surface area (Å²) < 4.78 is 27.5. The van der Waals surface area contributed by atoms with Gasteiger partial charge in [0.1, 0.15) is 6.04 Å². The van der Waals surface area contributed by atoms with Gasteiger partial charge in [0, 0.05) is 32.6 Å². The number of benzene rings is 1. The number of hydrogen-bond acceptors (Lipinski definition) is 5. The first-order valence-electron chi connectivity index (χ1n) is 10.4. The van der Waals surface area contributed by atoms with Crippen molar-refractivity contribution in [3.8, 4) is 0 Å². The number of amides is 4. The second-order valence-electron chi connectivity index (χ2n) is 7.98. The fraction of sp³-hybridized carbons (Fsp3) is 0.550. The maximum absolute atomic E-state index is 13.1. The van der Waals surface area contributed by atoms with Gasteiger partial charge < -0.3 is 10.2 Å². The minimum atomic E-state index is -3.59. The highest BCUT2D eigenvalue weighted by Crippen LogP contribution is 2.26. The lowest BCUT2D eigenvalue weighted by atomic mass is 9.92. The molecule has 2 aliphatic heterocycles. The Balaban J connectivity index is 1.33. The number of carbonyl (C=O) groups is 3. The van der Waals surface area contributed by atoms with Crippen molar-refractivity contribution in [1.29, 1.82) is 0 Å². The van der Waals surface area contributed by atoms with Crippen molar-refractivity contribution in [3.63, 3.8) is 0 Å². The van der Waals surface area contributed by atoms with Crippen LogP contribution in [0.25, 0.3) is 0 Å². The van der Waals surface area contributed by atoms with Crippen LogP contribution in [0.15, 0.2) is 23.1 Å². The van der Waals surface area contributed by atoms with Crippen LogP contribution in [0.4, 0.5) is 4.79 Å². The Labute approximate surface area is 175 Å². The summed E-state index contributed by atoms with van der Waals surface area (Å²) in [4.78, 5) is 37.1. The number of urea groups is 1. The van der Waals surface area contributed by atoms with Gasteiger partial charge >= 0.3 is 6.03 Å². The van der Waals surface area contributed by atoms with Crippen molar-refractivity contribution < 1.29 is 22.8 Å². The fourth-order valence-electron chi connectivity index (χ4n) is 4.29. The van der Waals surface area contributed by atoms with E-state index in [1.54, 1.807) is 11.0 Å². The van der Waals surface area contributed by atoms with E-state index in [0.717, 1.165) is 31.2 Å². The lowest BCUT2D eigenvalue weighted by Gasteiger charge is -2.34. The van der Waals surface area contributed by atoms with Crippen LogP contribution in [-0.4, -0.2) is 67.7 Å². The summed E-state index contributed by atoms with van der Waals surface area (Å²) in [5.74, 6) is -0.566.